The van der Waals surface area contributed by atoms with Gasteiger partial charge in [0.15, 0.2) is 0 Å². The third-order valence-corrected chi connectivity index (χ3v) is 3.36. The Morgan fingerprint density at radius 3 is 2.00 bits per heavy atom. The molecular weight excluding hydrogens is 232 g/mol. The van der Waals surface area contributed by atoms with Crippen LogP contribution in [0.15, 0.2) is 53.5 Å². The molecule has 2 nitrogen and oxygen atoms in total. The van der Waals surface area contributed by atoms with Gasteiger partial charge in [0.2, 0.25) is 0 Å². The van der Waals surface area contributed by atoms with E-state index < -0.39 is 0 Å². The lowest BCUT2D eigenvalue weighted by Gasteiger charge is -2.30. The van der Waals surface area contributed by atoms with Crippen molar-refractivity contribution in [3.63, 3.8) is 0 Å². The highest BCUT2D eigenvalue weighted by molar-refractivity contribution is 5.93. The van der Waals surface area contributed by atoms with Gasteiger partial charge in [0.1, 0.15) is 0 Å². The Morgan fingerprint density at radius 1 is 0.947 bits per heavy atom. The van der Waals surface area contributed by atoms with E-state index in [1.165, 1.54) is 22.5 Å². The molecule has 0 saturated carbocycles. The maximum atomic E-state index is 4.55. The number of para-hydroxylation sites is 2. The maximum Gasteiger partial charge on any atom is 0.0943 e. The third kappa shape index (κ3) is 2.26. The van der Waals surface area contributed by atoms with Gasteiger partial charge in [-0.1, -0.05) is 36.4 Å². The number of hydrogen-bond acceptors (Lipinski definition) is 1. The fourth-order valence-corrected chi connectivity index (χ4v) is 2.45. The second kappa shape index (κ2) is 4.88. The molecule has 1 aliphatic heterocycles. The second-order valence-corrected chi connectivity index (χ2v) is 5.16. The summed E-state index contributed by atoms with van der Waals surface area (Å²) in [7, 11) is 0. The van der Waals surface area contributed by atoms with Crippen LogP contribution in [-0.4, -0.2) is 12.4 Å². The Morgan fingerprint density at radius 2 is 1.47 bits per heavy atom. The van der Waals surface area contributed by atoms with Crippen molar-refractivity contribution in [2.45, 2.75) is 26.3 Å². The van der Waals surface area contributed by atoms with Crippen molar-refractivity contribution in [2.75, 3.05) is 4.90 Å². The highest BCUT2D eigenvalue weighted by Crippen LogP contribution is 2.37. The Hall–Kier alpha value is -2.09. The molecular formula is C17H18N2. The summed E-state index contributed by atoms with van der Waals surface area (Å²) in [6, 6.07) is 17.4. The number of benzene rings is 2. The first kappa shape index (κ1) is 12.0. The van der Waals surface area contributed by atoms with Gasteiger partial charge in [-0.05, 0) is 37.1 Å². The summed E-state index contributed by atoms with van der Waals surface area (Å²) in [4.78, 5) is 6.75. The van der Waals surface area contributed by atoms with E-state index in [-0.39, 0.29) is 0 Å². The lowest BCUT2D eigenvalue weighted by molar-refractivity contribution is 0.837. The molecule has 0 N–H and O–H groups in total. The SMILES string of the molecule is CC(C)N=CN1c2ccccc2Cc2ccccc21. The Balaban J connectivity index is 2.11. The van der Waals surface area contributed by atoms with Crippen molar-refractivity contribution in [2.24, 2.45) is 4.99 Å². The molecule has 3 rings (SSSR count). The van der Waals surface area contributed by atoms with Gasteiger partial charge in [-0.25, -0.2) is 0 Å². The van der Waals surface area contributed by atoms with Crippen molar-refractivity contribution in [3.8, 4) is 0 Å². The van der Waals surface area contributed by atoms with E-state index >= 15 is 0 Å². The summed E-state index contributed by atoms with van der Waals surface area (Å²) in [6.07, 6.45) is 2.96. The summed E-state index contributed by atoms with van der Waals surface area (Å²) >= 11 is 0. The molecule has 0 amide bonds. The smallest absolute Gasteiger partial charge is 0.0943 e. The number of hydrogen-bond donors (Lipinski definition) is 0. The van der Waals surface area contributed by atoms with E-state index in [1.54, 1.807) is 0 Å². The second-order valence-electron chi connectivity index (χ2n) is 5.16. The van der Waals surface area contributed by atoms with Crippen molar-refractivity contribution >= 4 is 17.7 Å². The van der Waals surface area contributed by atoms with Crippen molar-refractivity contribution in [1.82, 2.24) is 0 Å². The minimum absolute atomic E-state index is 0.307. The topological polar surface area (TPSA) is 15.6 Å². The Bertz CT molecular complexity index is 569. The number of fused-ring (bicyclic) bond motifs is 2. The van der Waals surface area contributed by atoms with E-state index in [0.29, 0.717) is 6.04 Å². The largest absolute Gasteiger partial charge is 0.301 e. The van der Waals surface area contributed by atoms with Gasteiger partial charge in [-0.15, -0.1) is 0 Å². The van der Waals surface area contributed by atoms with Crippen molar-refractivity contribution in [1.29, 1.82) is 0 Å². The van der Waals surface area contributed by atoms with Gasteiger partial charge < -0.3 is 4.90 Å². The number of anilines is 2. The predicted molar refractivity (Wildman–Crippen MR) is 81.5 cm³/mol. The van der Waals surface area contributed by atoms with Crippen LogP contribution in [0.2, 0.25) is 0 Å². The Kier molecular flexibility index (Phi) is 3.08. The molecule has 0 aromatic heterocycles. The molecule has 96 valence electrons. The van der Waals surface area contributed by atoms with Crippen LogP contribution < -0.4 is 4.90 Å². The number of rotatable bonds is 2. The minimum atomic E-state index is 0.307. The number of aliphatic imine (C=N–C) groups is 1. The maximum absolute atomic E-state index is 4.55. The first-order valence-corrected chi connectivity index (χ1v) is 6.74. The zero-order valence-corrected chi connectivity index (χ0v) is 11.4. The predicted octanol–water partition coefficient (Wildman–Crippen LogP) is 4.17. The average molecular weight is 250 g/mol. The van der Waals surface area contributed by atoms with E-state index in [9.17, 15) is 0 Å². The zero-order chi connectivity index (χ0) is 13.2. The molecule has 2 aromatic carbocycles. The quantitative estimate of drug-likeness (QED) is 0.577. The van der Waals surface area contributed by atoms with Crippen LogP contribution >= 0.6 is 0 Å². The molecule has 0 unspecified atom stereocenters. The van der Waals surface area contributed by atoms with Gasteiger partial charge in [-0.2, -0.15) is 0 Å². The lowest BCUT2D eigenvalue weighted by atomic mass is 9.96. The molecule has 2 aromatic rings. The van der Waals surface area contributed by atoms with E-state index in [0.717, 1.165) is 6.42 Å². The summed E-state index contributed by atoms with van der Waals surface area (Å²) in [6.45, 7) is 4.19. The minimum Gasteiger partial charge on any atom is -0.301 e. The average Bonchev–Trinajstić information content (AvgIpc) is 2.43. The molecule has 0 fully saturated rings. The molecule has 0 radical (unpaired) electrons. The highest BCUT2D eigenvalue weighted by atomic mass is 15.2. The summed E-state index contributed by atoms with van der Waals surface area (Å²) in [5.41, 5.74) is 5.20. The summed E-state index contributed by atoms with van der Waals surface area (Å²) < 4.78 is 0. The van der Waals surface area contributed by atoms with Gasteiger partial charge in [0.05, 0.1) is 17.7 Å². The van der Waals surface area contributed by atoms with Gasteiger partial charge in [0.25, 0.3) is 0 Å². The molecule has 1 aliphatic rings. The van der Waals surface area contributed by atoms with E-state index in [2.05, 4.69) is 72.3 Å². The highest BCUT2D eigenvalue weighted by Gasteiger charge is 2.20. The first-order valence-electron chi connectivity index (χ1n) is 6.74. The van der Waals surface area contributed by atoms with Gasteiger partial charge in [0, 0.05) is 12.5 Å². The third-order valence-electron chi connectivity index (χ3n) is 3.36. The fourth-order valence-electron chi connectivity index (χ4n) is 2.45. The van der Waals surface area contributed by atoms with Crippen molar-refractivity contribution in [3.05, 3.63) is 59.7 Å². The number of nitrogens with zero attached hydrogens (tertiary/aromatic N) is 2. The normalized spacial score (nSPS) is 13.7. The van der Waals surface area contributed by atoms with E-state index in [1.807, 2.05) is 6.34 Å². The van der Waals surface area contributed by atoms with Crippen LogP contribution in [0, 0.1) is 0 Å². The lowest BCUT2D eigenvalue weighted by Crippen LogP contribution is -2.22. The van der Waals surface area contributed by atoms with Crippen LogP contribution in [-0.2, 0) is 6.42 Å². The van der Waals surface area contributed by atoms with Crippen LogP contribution in [0.4, 0.5) is 11.4 Å². The molecule has 0 saturated heterocycles. The molecule has 0 aliphatic carbocycles. The molecule has 19 heavy (non-hydrogen) atoms. The Labute approximate surface area is 114 Å². The fraction of sp³-hybridized carbons (Fsp3) is 0.235. The summed E-state index contributed by atoms with van der Waals surface area (Å²) in [5.74, 6) is 0. The van der Waals surface area contributed by atoms with Crippen LogP contribution in [0.1, 0.15) is 25.0 Å². The van der Waals surface area contributed by atoms with Crippen LogP contribution in [0.3, 0.4) is 0 Å². The van der Waals surface area contributed by atoms with Crippen LogP contribution in [0.25, 0.3) is 0 Å². The molecule has 0 atom stereocenters. The zero-order valence-electron chi connectivity index (χ0n) is 11.4. The summed E-state index contributed by atoms with van der Waals surface area (Å²) in [5, 5.41) is 0. The standard InChI is InChI=1S/C17H18N2/c1-13(2)18-12-19-16-9-5-3-7-14(16)11-15-8-4-6-10-17(15)19/h3-10,12-13H,11H2,1-2H3. The van der Waals surface area contributed by atoms with Gasteiger partial charge in [-0.3, -0.25) is 4.99 Å². The first-order chi connectivity index (χ1) is 9.25. The molecule has 1 heterocycles. The molecule has 0 bridgehead atoms. The molecule has 2 heteroatoms. The van der Waals surface area contributed by atoms with Gasteiger partial charge >= 0.3 is 0 Å². The monoisotopic (exact) mass is 250 g/mol. The van der Waals surface area contributed by atoms with Crippen molar-refractivity contribution < 1.29 is 0 Å². The van der Waals surface area contributed by atoms with Crippen LogP contribution in [0.5, 0.6) is 0 Å². The molecule has 0 spiro atoms. The van der Waals surface area contributed by atoms with E-state index in [4.69, 9.17) is 0 Å².